The van der Waals surface area contributed by atoms with Gasteiger partial charge in [-0.25, -0.2) is 4.98 Å². The van der Waals surface area contributed by atoms with E-state index in [0.717, 1.165) is 36.3 Å². The fourth-order valence-electron chi connectivity index (χ4n) is 2.68. The Morgan fingerprint density at radius 2 is 1.83 bits per heavy atom. The molecular weight excluding hydrogens is 364 g/mol. The molecule has 2 N–H and O–H groups in total. The monoisotopic (exact) mass is 374 g/mol. The third kappa shape index (κ3) is 2.29. The van der Waals surface area contributed by atoms with Gasteiger partial charge in [-0.2, -0.15) is 0 Å². The lowest BCUT2D eigenvalue weighted by Gasteiger charge is -2.06. The molecule has 0 unspecified atom stereocenters. The minimum atomic E-state index is 0.381. The number of H-pyrrole nitrogens is 2. The van der Waals surface area contributed by atoms with E-state index in [0.29, 0.717) is 9.41 Å². The van der Waals surface area contributed by atoms with Crippen molar-refractivity contribution in [1.29, 1.82) is 0 Å². The van der Waals surface area contributed by atoms with Crippen LogP contribution in [0.3, 0.4) is 0 Å². The molecule has 3 aromatic heterocycles. The van der Waals surface area contributed by atoms with Crippen molar-refractivity contribution in [2.45, 2.75) is 6.92 Å². The molecule has 1 aromatic carbocycles. The standard InChI is InChI=1S/C15H10N4S4/c1-7-9-11(19(18-7)8-5-3-2-4-6-8)10-12(20)16-15(22)17-13(10)23-14(9)21/h2-6,18H,1H3,(H,16,20,22). The van der Waals surface area contributed by atoms with Crippen LogP contribution in [-0.2, 0) is 0 Å². The fraction of sp³-hybridized carbons (Fsp3) is 0.0667. The van der Waals surface area contributed by atoms with E-state index in [4.69, 9.17) is 36.7 Å². The highest BCUT2D eigenvalue weighted by molar-refractivity contribution is 7.74. The summed E-state index contributed by atoms with van der Waals surface area (Å²) in [6.07, 6.45) is 0. The summed E-state index contributed by atoms with van der Waals surface area (Å²) in [5, 5.41) is 5.26. The lowest BCUT2D eigenvalue weighted by molar-refractivity contribution is 0.891. The van der Waals surface area contributed by atoms with Gasteiger partial charge >= 0.3 is 0 Å². The molecule has 4 nitrogen and oxygen atoms in total. The quantitative estimate of drug-likeness (QED) is 0.438. The summed E-state index contributed by atoms with van der Waals surface area (Å²) < 4.78 is 3.74. The molecule has 8 heteroatoms. The molecule has 0 aliphatic rings. The van der Waals surface area contributed by atoms with Crippen LogP contribution in [0.15, 0.2) is 30.3 Å². The molecule has 0 aliphatic heterocycles. The number of benzene rings is 1. The van der Waals surface area contributed by atoms with Crippen LogP contribution in [0.5, 0.6) is 0 Å². The van der Waals surface area contributed by atoms with Crippen LogP contribution in [0.1, 0.15) is 5.69 Å². The molecule has 0 saturated heterocycles. The third-order valence-electron chi connectivity index (χ3n) is 3.62. The van der Waals surface area contributed by atoms with Gasteiger partial charge in [0.25, 0.3) is 0 Å². The van der Waals surface area contributed by atoms with Crippen molar-refractivity contribution in [3.63, 3.8) is 0 Å². The maximum Gasteiger partial charge on any atom is 0.199 e. The molecular formula is C15H10N4S4. The number of hydrogen-bond acceptors (Lipinski definition) is 5. The first-order valence-electron chi connectivity index (χ1n) is 6.80. The van der Waals surface area contributed by atoms with Crippen LogP contribution in [0.25, 0.3) is 26.8 Å². The molecule has 23 heavy (non-hydrogen) atoms. The van der Waals surface area contributed by atoms with Crippen molar-refractivity contribution in [2.75, 3.05) is 0 Å². The number of nitrogens with zero attached hydrogens (tertiary/aromatic N) is 2. The molecule has 0 aliphatic carbocycles. The first-order valence-corrected chi connectivity index (χ1v) is 8.84. The molecule has 0 saturated carbocycles. The van der Waals surface area contributed by atoms with Gasteiger partial charge in [0.15, 0.2) is 4.77 Å². The molecule has 114 valence electrons. The maximum absolute atomic E-state index is 5.59. The topological polar surface area (TPSA) is 49.4 Å². The SMILES string of the molecule is Cc1[nH]n(-c2ccccc2)c2c1c(=S)sc1nc(=S)[nH]c(=S)c12. The maximum atomic E-state index is 5.59. The second kappa shape index (κ2) is 5.41. The summed E-state index contributed by atoms with van der Waals surface area (Å²) in [4.78, 5) is 8.15. The second-order valence-electron chi connectivity index (χ2n) is 5.07. The first-order chi connectivity index (χ1) is 11.1. The summed E-state index contributed by atoms with van der Waals surface area (Å²) in [5.41, 5.74) is 2.95. The number of aromatic nitrogens is 4. The summed E-state index contributed by atoms with van der Waals surface area (Å²) in [6, 6.07) is 10.0. The number of nitrogens with one attached hydrogen (secondary N) is 2. The molecule has 0 amide bonds. The predicted octanol–water partition coefficient (Wildman–Crippen LogP) is 5.39. The van der Waals surface area contributed by atoms with E-state index in [1.54, 1.807) is 0 Å². The van der Waals surface area contributed by atoms with Crippen molar-refractivity contribution in [1.82, 2.24) is 19.7 Å². The summed E-state index contributed by atoms with van der Waals surface area (Å²) in [5.74, 6) is 0. The zero-order valence-electron chi connectivity index (χ0n) is 11.9. The highest BCUT2D eigenvalue weighted by Gasteiger charge is 2.15. The summed E-state index contributed by atoms with van der Waals surface area (Å²) in [6.45, 7) is 2.01. The Bertz CT molecular complexity index is 1230. The minimum absolute atomic E-state index is 0.381. The van der Waals surface area contributed by atoms with Gasteiger partial charge < -0.3 is 4.98 Å². The Balaban J connectivity index is 2.33. The fourth-order valence-corrected chi connectivity index (χ4v) is 4.80. The van der Waals surface area contributed by atoms with Crippen LogP contribution in [-0.4, -0.2) is 19.7 Å². The molecule has 3 heterocycles. The second-order valence-corrected chi connectivity index (χ2v) is 7.53. The highest BCUT2D eigenvalue weighted by Crippen LogP contribution is 2.33. The van der Waals surface area contributed by atoms with Gasteiger partial charge in [0.1, 0.15) is 13.3 Å². The largest absolute Gasteiger partial charge is 0.321 e. The van der Waals surface area contributed by atoms with E-state index in [-0.39, 0.29) is 0 Å². The lowest BCUT2D eigenvalue weighted by atomic mass is 10.2. The van der Waals surface area contributed by atoms with Gasteiger partial charge in [-0.1, -0.05) is 42.6 Å². The van der Waals surface area contributed by atoms with E-state index in [9.17, 15) is 0 Å². The Morgan fingerprint density at radius 1 is 1.09 bits per heavy atom. The number of fused-ring (bicyclic) bond motifs is 3. The predicted molar refractivity (Wildman–Crippen MR) is 102 cm³/mol. The molecule has 0 atom stereocenters. The number of para-hydroxylation sites is 1. The van der Waals surface area contributed by atoms with Crippen LogP contribution in [0.2, 0.25) is 0 Å². The number of aromatic amines is 2. The molecule has 4 rings (SSSR count). The molecule has 0 fully saturated rings. The van der Waals surface area contributed by atoms with Crippen LogP contribution < -0.4 is 0 Å². The first kappa shape index (κ1) is 14.8. The molecule has 0 spiro atoms. The van der Waals surface area contributed by atoms with Gasteiger partial charge in [-0.3, -0.25) is 9.78 Å². The Labute approximate surface area is 150 Å². The van der Waals surface area contributed by atoms with E-state index < -0.39 is 0 Å². The average Bonchev–Trinajstić information content (AvgIpc) is 2.85. The Kier molecular flexibility index (Phi) is 3.49. The molecule has 0 bridgehead atoms. The zero-order chi connectivity index (χ0) is 16.1. The van der Waals surface area contributed by atoms with Gasteiger partial charge in [0.05, 0.1) is 16.6 Å². The smallest absolute Gasteiger partial charge is 0.199 e. The van der Waals surface area contributed by atoms with Crippen molar-refractivity contribution < 1.29 is 0 Å². The van der Waals surface area contributed by atoms with Crippen molar-refractivity contribution in [3.05, 3.63) is 49.3 Å². The van der Waals surface area contributed by atoms with Crippen LogP contribution in [0.4, 0.5) is 0 Å². The normalized spacial score (nSPS) is 11.3. The van der Waals surface area contributed by atoms with E-state index in [1.165, 1.54) is 11.3 Å². The average molecular weight is 375 g/mol. The molecule has 4 aromatic rings. The highest BCUT2D eigenvalue weighted by atomic mass is 32.1. The third-order valence-corrected chi connectivity index (χ3v) is 5.46. The van der Waals surface area contributed by atoms with Gasteiger partial charge in [-0.05, 0) is 31.3 Å². The Morgan fingerprint density at radius 3 is 2.57 bits per heavy atom. The Hall–Kier alpha value is -1.74. The lowest BCUT2D eigenvalue weighted by Crippen LogP contribution is -1.97. The number of rotatable bonds is 1. The number of aryl methyl sites for hydroxylation is 1. The van der Waals surface area contributed by atoms with Crippen molar-refractivity contribution in [3.8, 4) is 5.69 Å². The van der Waals surface area contributed by atoms with E-state index >= 15 is 0 Å². The molecule has 0 radical (unpaired) electrons. The summed E-state index contributed by atoms with van der Waals surface area (Å²) in [7, 11) is 0. The van der Waals surface area contributed by atoms with Gasteiger partial charge in [0.2, 0.25) is 0 Å². The van der Waals surface area contributed by atoms with E-state index in [2.05, 4.69) is 15.1 Å². The van der Waals surface area contributed by atoms with Crippen LogP contribution >= 0.6 is 48.0 Å². The van der Waals surface area contributed by atoms with Gasteiger partial charge in [-0.15, -0.1) is 11.3 Å². The van der Waals surface area contributed by atoms with E-state index in [1.807, 2.05) is 41.9 Å². The number of hydrogen-bond donors (Lipinski definition) is 2. The van der Waals surface area contributed by atoms with Gasteiger partial charge in [0, 0.05) is 11.1 Å². The minimum Gasteiger partial charge on any atom is -0.321 e. The zero-order valence-corrected chi connectivity index (χ0v) is 15.2. The van der Waals surface area contributed by atoms with Crippen LogP contribution in [0, 0.1) is 20.2 Å². The van der Waals surface area contributed by atoms with Crippen molar-refractivity contribution >= 4 is 69.1 Å². The summed E-state index contributed by atoms with van der Waals surface area (Å²) >= 11 is 17.7. The van der Waals surface area contributed by atoms with Crippen molar-refractivity contribution in [2.24, 2.45) is 0 Å².